The maximum Gasteiger partial charge on any atom is 0.410 e. The van der Waals surface area contributed by atoms with Crippen LogP contribution in [0.1, 0.15) is 27.2 Å². The number of carbonyl (C=O) groups is 1. The van der Waals surface area contributed by atoms with E-state index >= 15 is 4.39 Å². The first-order valence-corrected chi connectivity index (χ1v) is 12.7. The van der Waals surface area contributed by atoms with Crippen molar-refractivity contribution in [1.82, 2.24) is 19.9 Å². The standard InChI is InChI=1S/C28H25ClF2N6O2/c1-28(2,3)39-27(38)36-11-12-37(17(14-36)9-10-32)26-19-13-33-24(23(31)25(19)34-15-35-26)18-6-4-5-16-7-8-20(30)22(29)21(16)18/h4-8,13,15,17H,9,11-12,14H2,1-3H3. The number of carbonyl (C=O) groups excluding carboxylic acids is 1. The van der Waals surface area contributed by atoms with Crippen LogP contribution in [-0.2, 0) is 4.74 Å². The molecule has 1 fully saturated rings. The maximum absolute atomic E-state index is 16.0. The highest BCUT2D eigenvalue weighted by molar-refractivity contribution is 6.36. The maximum atomic E-state index is 16.0. The van der Waals surface area contributed by atoms with E-state index in [1.165, 1.54) is 18.6 Å². The molecule has 0 aliphatic carbocycles. The Labute approximate surface area is 228 Å². The Balaban J connectivity index is 1.55. The van der Waals surface area contributed by atoms with Crippen molar-refractivity contribution in [3.8, 4) is 17.3 Å². The van der Waals surface area contributed by atoms with Gasteiger partial charge < -0.3 is 14.5 Å². The number of ether oxygens (including phenoxy) is 1. The molecule has 2 aromatic heterocycles. The third-order valence-electron chi connectivity index (χ3n) is 6.53. The van der Waals surface area contributed by atoms with Gasteiger partial charge in [-0.2, -0.15) is 5.26 Å². The van der Waals surface area contributed by atoms with Gasteiger partial charge in [0.2, 0.25) is 0 Å². The van der Waals surface area contributed by atoms with Crippen molar-refractivity contribution in [2.45, 2.75) is 38.8 Å². The third-order valence-corrected chi connectivity index (χ3v) is 6.89. The van der Waals surface area contributed by atoms with E-state index in [2.05, 4.69) is 21.0 Å². The molecule has 0 saturated carbocycles. The number of nitriles is 1. The van der Waals surface area contributed by atoms with Gasteiger partial charge >= 0.3 is 6.09 Å². The second-order valence-electron chi connectivity index (χ2n) is 10.3. The number of benzene rings is 2. The molecule has 1 saturated heterocycles. The van der Waals surface area contributed by atoms with Crippen LogP contribution in [0.15, 0.2) is 42.9 Å². The molecule has 1 unspecified atom stereocenters. The summed E-state index contributed by atoms with van der Waals surface area (Å²) >= 11 is 6.27. The summed E-state index contributed by atoms with van der Waals surface area (Å²) in [6, 6.07) is 9.71. The number of amides is 1. The van der Waals surface area contributed by atoms with Gasteiger partial charge in [-0.3, -0.25) is 4.98 Å². The SMILES string of the molecule is CC(C)(C)OC(=O)N1CCN(c2ncnc3c(F)c(-c4cccc5ccc(F)c(Cl)c45)ncc23)C(CC#N)C1. The number of pyridine rings is 1. The van der Waals surface area contributed by atoms with E-state index in [0.717, 1.165) is 0 Å². The fraction of sp³-hybridized carbons (Fsp3) is 0.321. The molecule has 3 heterocycles. The van der Waals surface area contributed by atoms with E-state index < -0.39 is 29.4 Å². The summed E-state index contributed by atoms with van der Waals surface area (Å²) in [7, 11) is 0. The number of hydrogen-bond donors (Lipinski definition) is 0. The molecule has 1 atom stereocenters. The van der Waals surface area contributed by atoms with E-state index in [1.807, 2.05) is 4.90 Å². The summed E-state index contributed by atoms with van der Waals surface area (Å²) in [5.41, 5.74) is -0.304. The third kappa shape index (κ3) is 5.02. The smallest absolute Gasteiger partial charge is 0.410 e. The van der Waals surface area contributed by atoms with Gasteiger partial charge in [-0.15, -0.1) is 0 Å². The summed E-state index contributed by atoms with van der Waals surface area (Å²) in [6.45, 7) is 6.29. The molecule has 2 aromatic carbocycles. The van der Waals surface area contributed by atoms with Crippen LogP contribution < -0.4 is 4.90 Å². The predicted octanol–water partition coefficient (Wildman–Crippen LogP) is 6.12. The Morgan fingerprint density at radius 1 is 1.18 bits per heavy atom. The summed E-state index contributed by atoms with van der Waals surface area (Å²) in [5, 5.41) is 10.7. The number of halogens is 3. The first-order chi connectivity index (χ1) is 18.6. The van der Waals surface area contributed by atoms with Crippen LogP contribution in [0.4, 0.5) is 19.4 Å². The molecule has 200 valence electrons. The second-order valence-corrected chi connectivity index (χ2v) is 10.7. The topological polar surface area (TPSA) is 95.2 Å². The Bertz CT molecular complexity index is 1630. The molecule has 11 heteroatoms. The number of fused-ring (bicyclic) bond motifs is 2. The van der Waals surface area contributed by atoms with Gasteiger partial charge in [0, 0.05) is 36.8 Å². The molecule has 1 aliphatic rings. The number of hydrogen-bond acceptors (Lipinski definition) is 7. The number of aromatic nitrogens is 3. The number of nitrogens with zero attached hydrogens (tertiary/aromatic N) is 6. The van der Waals surface area contributed by atoms with Crippen LogP contribution in [0, 0.1) is 23.0 Å². The molecule has 1 amide bonds. The molecule has 4 aromatic rings. The van der Waals surface area contributed by atoms with Gasteiger partial charge in [-0.1, -0.05) is 35.9 Å². The fourth-order valence-corrected chi connectivity index (χ4v) is 5.08. The number of rotatable bonds is 3. The lowest BCUT2D eigenvalue weighted by Gasteiger charge is -2.41. The average Bonchev–Trinajstić information content (AvgIpc) is 2.90. The number of anilines is 1. The van der Waals surface area contributed by atoms with Crippen LogP contribution in [0.5, 0.6) is 0 Å². The van der Waals surface area contributed by atoms with Gasteiger partial charge in [0.25, 0.3) is 0 Å². The summed E-state index contributed by atoms with van der Waals surface area (Å²) in [4.78, 5) is 29.1. The zero-order valence-corrected chi connectivity index (χ0v) is 22.3. The Morgan fingerprint density at radius 3 is 2.72 bits per heavy atom. The molecule has 1 aliphatic heterocycles. The molecular formula is C28H25ClF2N6O2. The highest BCUT2D eigenvalue weighted by Crippen LogP contribution is 2.38. The van der Waals surface area contributed by atoms with Crippen LogP contribution in [-0.4, -0.2) is 57.2 Å². The van der Waals surface area contributed by atoms with E-state index in [9.17, 15) is 14.4 Å². The molecule has 39 heavy (non-hydrogen) atoms. The molecule has 5 rings (SSSR count). The Morgan fingerprint density at radius 2 is 1.97 bits per heavy atom. The van der Waals surface area contributed by atoms with Crippen LogP contribution >= 0.6 is 11.6 Å². The number of piperazine rings is 1. The summed E-state index contributed by atoms with van der Waals surface area (Å²) < 4.78 is 35.8. The normalized spacial score (nSPS) is 16.0. The van der Waals surface area contributed by atoms with Crippen LogP contribution in [0.2, 0.25) is 5.02 Å². The lowest BCUT2D eigenvalue weighted by Crippen LogP contribution is -2.55. The van der Waals surface area contributed by atoms with Gasteiger partial charge in [0.1, 0.15) is 34.8 Å². The monoisotopic (exact) mass is 550 g/mol. The fourth-order valence-electron chi connectivity index (χ4n) is 4.81. The van der Waals surface area contributed by atoms with Crippen molar-refractivity contribution < 1.29 is 18.3 Å². The van der Waals surface area contributed by atoms with Crippen molar-refractivity contribution in [2.24, 2.45) is 0 Å². The van der Waals surface area contributed by atoms with Crippen molar-refractivity contribution in [2.75, 3.05) is 24.5 Å². The lowest BCUT2D eigenvalue weighted by atomic mass is 10.0. The van der Waals surface area contributed by atoms with E-state index in [1.54, 1.807) is 49.9 Å². The Hall–Kier alpha value is -4.10. The lowest BCUT2D eigenvalue weighted by molar-refractivity contribution is 0.0215. The van der Waals surface area contributed by atoms with Crippen molar-refractivity contribution in [3.05, 3.63) is 59.5 Å². The molecule has 0 bridgehead atoms. The second kappa shape index (κ2) is 10.2. The average molecular weight is 551 g/mol. The summed E-state index contributed by atoms with van der Waals surface area (Å²) in [5.74, 6) is -0.909. The Kier molecular flexibility index (Phi) is 6.95. The predicted molar refractivity (Wildman–Crippen MR) is 144 cm³/mol. The van der Waals surface area contributed by atoms with E-state index in [4.69, 9.17) is 16.3 Å². The first kappa shape index (κ1) is 26.5. The van der Waals surface area contributed by atoms with Gasteiger partial charge in [-0.25, -0.2) is 23.5 Å². The highest BCUT2D eigenvalue weighted by Gasteiger charge is 2.34. The van der Waals surface area contributed by atoms with Crippen molar-refractivity contribution in [3.63, 3.8) is 0 Å². The molecular weight excluding hydrogens is 526 g/mol. The van der Waals surface area contributed by atoms with E-state index in [-0.39, 0.29) is 29.2 Å². The zero-order valence-electron chi connectivity index (χ0n) is 21.6. The minimum absolute atomic E-state index is 0.0198. The summed E-state index contributed by atoms with van der Waals surface area (Å²) in [6.07, 6.45) is 2.38. The first-order valence-electron chi connectivity index (χ1n) is 12.4. The minimum atomic E-state index is -0.701. The van der Waals surface area contributed by atoms with E-state index in [0.29, 0.717) is 40.6 Å². The molecule has 0 N–H and O–H groups in total. The molecule has 0 radical (unpaired) electrons. The molecule has 0 spiro atoms. The van der Waals surface area contributed by atoms with Gasteiger partial charge in [0.05, 0.1) is 28.9 Å². The largest absolute Gasteiger partial charge is 0.444 e. The van der Waals surface area contributed by atoms with Gasteiger partial charge in [0.15, 0.2) is 5.82 Å². The highest BCUT2D eigenvalue weighted by atomic mass is 35.5. The van der Waals surface area contributed by atoms with Crippen LogP contribution in [0.25, 0.3) is 32.9 Å². The molecule has 8 nitrogen and oxygen atoms in total. The quantitative estimate of drug-likeness (QED) is 0.303. The van der Waals surface area contributed by atoms with Crippen LogP contribution in [0.3, 0.4) is 0 Å². The van der Waals surface area contributed by atoms with Gasteiger partial charge in [-0.05, 0) is 32.2 Å². The van der Waals surface area contributed by atoms with Crippen molar-refractivity contribution in [1.29, 1.82) is 5.26 Å². The van der Waals surface area contributed by atoms with Crippen molar-refractivity contribution >= 4 is 45.2 Å². The minimum Gasteiger partial charge on any atom is -0.444 e. The zero-order chi connectivity index (χ0) is 27.9.